The van der Waals surface area contributed by atoms with Crippen molar-refractivity contribution in [2.75, 3.05) is 47.5 Å². The molecular weight excluding hydrogens is 319 g/mol. The van der Waals surface area contributed by atoms with E-state index in [1.807, 2.05) is 11.8 Å². The second kappa shape index (κ2) is 7.40. The average Bonchev–Trinajstić information content (AvgIpc) is 2.89. The molecule has 5 nitrogen and oxygen atoms in total. The van der Waals surface area contributed by atoms with E-state index in [0.29, 0.717) is 11.4 Å². The van der Waals surface area contributed by atoms with Crippen molar-refractivity contribution >= 4 is 29.2 Å². The van der Waals surface area contributed by atoms with Crippen LogP contribution in [0.2, 0.25) is 0 Å². The molecule has 126 valence electrons. The molecule has 0 spiro atoms. The van der Waals surface area contributed by atoms with E-state index in [2.05, 4.69) is 4.90 Å². The molecule has 3 rings (SSSR count). The third-order valence-electron chi connectivity index (χ3n) is 4.09. The zero-order chi connectivity index (χ0) is 16.2. The quantitative estimate of drug-likeness (QED) is 0.916. The Morgan fingerprint density at radius 2 is 2.04 bits per heavy atom. The summed E-state index contributed by atoms with van der Waals surface area (Å²) < 4.78 is 19.5. The van der Waals surface area contributed by atoms with Gasteiger partial charge in [-0.1, -0.05) is 0 Å². The standard InChI is InChI=1S/C16H21FN2O3S/c17-14-9-12(19-10-13(11-20)22-16(19)21)3-4-15(14)18-5-1-7-23-8-2-6-18/h3-4,9,13,20H,1-2,5-8,10-11H2. The van der Waals surface area contributed by atoms with E-state index in [4.69, 9.17) is 9.84 Å². The van der Waals surface area contributed by atoms with Crippen LogP contribution in [0.5, 0.6) is 0 Å². The summed E-state index contributed by atoms with van der Waals surface area (Å²) in [6, 6.07) is 4.86. The van der Waals surface area contributed by atoms with E-state index in [1.54, 1.807) is 12.1 Å². The Morgan fingerprint density at radius 3 is 2.65 bits per heavy atom. The zero-order valence-corrected chi connectivity index (χ0v) is 13.7. The van der Waals surface area contributed by atoms with Gasteiger partial charge in [0.15, 0.2) is 0 Å². The second-order valence-corrected chi connectivity index (χ2v) is 6.97. The van der Waals surface area contributed by atoms with Gasteiger partial charge < -0.3 is 14.7 Å². The van der Waals surface area contributed by atoms with Crippen LogP contribution in [0, 0.1) is 5.82 Å². The molecule has 1 aromatic carbocycles. The molecule has 2 heterocycles. The number of thioether (sulfide) groups is 1. The molecule has 2 aliphatic heterocycles. The van der Waals surface area contributed by atoms with Gasteiger partial charge in [-0.25, -0.2) is 9.18 Å². The number of rotatable bonds is 3. The number of amides is 1. The van der Waals surface area contributed by atoms with Crippen molar-refractivity contribution in [1.82, 2.24) is 0 Å². The molecule has 1 aromatic rings. The molecule has 23 heavy (non-hydrogen) atoms. The van der Waals surface area contributed by atoms with Crippen LogP contribution < -0.4 is 9.80 Å². The number of benzene rings is 1. The molecule has 0 aromatic heterocycles. The summed E-state index contributed by atoms with van der Waals surface area (Å²) >= 11 is 1.95. The molecule has 2 saturated heterocycles. The number of carbonyl (C=O) groups is 1. The molecule has 7 heteroatoms. The Kier molecular flexibility index (Phi) is 5.27. The summed E-state index contributed by atoms with van der Waals surface area (Å²) in [5, 5.41) is 9.08. The average molecular weight is 340 g/mol. The third kappa shape index (κ3) is 3.72. The number of halogens is 1. The van der Waals surface area contributed by atoms with Crippen LogP contribution in [0.15, 0.2) is 18.2 Å². The highest BCUT2D eigenvalue weighted by atomic mass is 32.2. The Morgan fingerprint density at radius 1 is 1.30 bits per heavy atom. The molecule has 2 fully saturated rings. The molecule has 1 N–H and O–H groups in total. The van der Waals surface area contributed by atoms with Gasteiger partial charge >= 0.3 is 6.09 Å². The van der Waals surface area contributed by atoms with E-state index in [1.165, 1.54) is 11.0 Å². The summed E-state index contributed by atoms with van der Waals surface area (Å²) in [7, 11) is 0. The minimum Gasteiger partial charge on any atom is -0.441 e. The van der Waals surface area contributed by atoms with Gasteiger partial charge in [0.05, 0.1) is 24.5 Å². The number of cyclic esters (lactones) is 1. The fourth-order valence-corrected chi connectivity index (χ4v) is 3.79. The van der Waals surface area contributed by atoms with Gasteiger partial charge in [0, 0.05) is 13.1 Å². The lowest BCUT2D eigenvalue weighted by atomic mass is 10.2. The number of aliphatic hydroxyl groups is 1. The maximum Gasteiger partial charge on any atom is 0.414 e. The summed E-state index contributed by atoms with van der Waals surface area (Å²) in [6.07, 6.45) is 1.00. The predicted octanol–water partition coefficient (Wildman–Crippen LogP) is 2.48. The van der Waals surface area contributed by atoms with Crippen LogP contribution >= 0.6 is 11.8 Å². The maximum atomic E-state index is 14.6. The first-order valence-corrected chi connectivity index (χ1v) is 9.06. The van der Waals surface area contributed by atoms with Crippen molar-refractivity contribution in [2.24, 2.45) is 0 Å². The summed E-state index contributed by atoms with van der Waals surface area (Å²) in [6.45, 7) is 1.72. The summed E-state index contributed by atoms with van der Waals surface area (Å²) in [5.74, 6) is 1.90. The van der Waals surface area contributed by atoms with Crippen molar-refractivity contribution in [3.63, 3.8) is 0 Å². The molecule has 0 aliphatic carbocycles. The van der Waals surface area contributed by atoms with Gasteiger partial charge in [0.25, 0.3) is 0 Å². The lowest BCUT2D eigenvalue weighted by Gasteiger charge is -2.27. The number of hydrogen-bond acceptors (Lipinski definition) is 5. The molecule has 1 unspecified atom stereocenters. The van der Waals surface area contributed by atoms with E-state index in [9.17, 15) is 9.18 Å². The van der Waals surface area contributed by atoms with Crippen molar-refractivity contribution in [3.05, 3.63) is 24.0 Å². The van der Waals surface area contributed by atoms with Gasteiger partial charge in [0.2, 0.25) is 0 Å². The minimum absolute atomic E-state index is 0.228. The smallest absolute Gasteiger partial charge is 0.414 e. The highest BCUT2D eigenvalue weighted by molar-refractivity contribution is 7.99. The van der Waals surface area contributed by atoms with Crippen LogP contribution in [0.3, 0.4) is 0 Å². The molecule has 2 aliphatic rings. The van der Waals surface area contributed by atoms with Crippen molar-refractivity contribution < 1.29 is 19.0 Å². The highest BCUT2D eigenvalue weighted by Crippen LogP contribution is 2.29. The van der Waals surface area contributed by atoms with Crippen molar-refractivity contribution in [3.8, 4) is 0 Å². The monoisotopic (exact) mass is 340 g/mol. The van der Waals surface area contributed by atoms with E-state index < -0.39 is 12.2 Å². The Labute approximate surface area is 139 Å². The van der Waals surface area contributed by atoms with Crippen molar-refractivity contribution in [2.45, 2.75) is 18.9 Å². The van der Waals surface area contributed by atoms with Gasteiger partial charge in [-0.15, -0.1) is 0 Å². The number of hydrogen-bond donors (Lipinski definition) is 1. The molecule has 1 amide bonds. The first kappa shape index (κ1) is 16.4. The minimum atomic E-state index is -0.544. The number of anilines is 2. The van der Waals surface area contributed by atoms with Crippen molar-refractivity contribution in [1.29, 1.82) is 0 Å². The van der Waals surface area contributed by atoms with Gasteiger partial charge in [0.1, 0.15) is 11.9 Å². The largest absolute Gasteiger partial charge is 0.441 e. The maximum absolute atomic E-state index is 14.6. The fraction of sp³-hybridized carbons (Fsp3) is 0.562. The number of aliphatic hydroxyl groups excluding tert-OH is 1. The Hall–Kier alpha value is -1.47. The highest BCUT2D eigenvalue weighted by Gasteiger charge is 2.32. The molecule has 0 radical (unpaired) electrons. The summed E-state index contributed by atoms with van der Waals surface area (Å²) in [4.78, 5) is 15.2. The number of nitrogens with zero attached hydrogens (tertiary/aromatic N) is 2. The first-order valence-electron chi connectivity index (χ1n) is 7.90. The zero-order valence-electron chi connectivity index (χ0n) is 12.9. The van der Waals surface area contributed by atoms with Gasteiger partial charge in [-0.05, 0) is 42.5 Å². The van der Waals surface area contributed by atoms with Crippen LogP contribution in [0.1, 0.15) is 12.8 Å². The normalized spacial score (nSPS) is 22.7. The lowest BCUT2D eigenvalue weighted by Crippen LogP contribution is -2.29. The topological polar surface area (TPSA) is 53.0 Å². The lowest BCUT2D eigenvalue weighted by molar-refractivity contribution is 0.0963. The number of carbonyl (C=O) groups excluding carboxylic acids is 1. The van der Waals surface area contributed by atoms with E-state index in [-0.39, 0.29) is 19.0 Å². The molecule has 0 saturated carbocycles. The SMILES string of the molecule is O=C1OC(CO)CN1c1ccc(N2CCCSCCC2)c(F)c1. The van der Waals surface area contributed by atoms with Gasteiger partial charge in [-0.2, -0.15) is 11.8 Å². The summed E-state index contributed by atoms with van der Waals surface area (Å²) in [5.41, 5.74) is 1.06. The van der Waals surface area contributed by atoms with Crippen LogP contribution in [-0.2, 0) is 4.74 Å². The van der Waals surface area contributed by atoms with Gasteiger partial charge in [-0.3, -0.25) is 4.90 Å². The number of ether oxygens (including phenoxy) is 1. The Bertz CT molecular complexity index is 564. The van der Waals surface area contributed by atoms with Crippen LogP contribution in [0.4, 0.5) is 20.6 Å². The molecule has 0 bridgehead atoms. The molecular formula is C16H21FN2O3S. The fourth-order valence-electron chi connectivity index (χ4n) is 2.92. The Balaban J connectivity index is 1.76. The van der Waals surface area contributed by atoms with Crippen LogP contribution in [0.25, 0.3) is 0 Å². The van der Waals surface area contributed by atoms with Crippen LogP contribution in [-0.4, -0.2) is 55.1 Å². The second-order valence-electron chi connectivity index (χ2n) is 5.74. The van der Waals surface area contributed by atoms with E-state index >= 15 is 0 Å². The third-order valence-corrected chi connectivity index (χ3v) is 5.25. The molecule has 1 atom stereocenters. The predicted molar refractivity (Wildman–Crippen MR) is 89.9 cm³/mol. The van der Waals surface area contributed by atoms with E-state index in [0.717, 1.165) is 37.4 Å². The first-order chi connectivity index (χ1) is 11.2.